The molecule has 1 aromatic carbocycles. The molecule has 0 fully saturated rings. The average Bonchev–Trinajstić information content (AvgIpc) is 2.76. The first-order valence-corrected chi connectivity index (χ1v) is 7.39. The lowest BCUT2D eigenvalue weighted by Crippen LogP contribution is -2.10. The third-order valence-electron chi connectivity index (χ3n) is 3.27. The van der Waals surface area contributed by atoms with Gasteiger partial charge in [-0.1, -0.05) is 40.2 Å². The van der Waals surface area contributed by atoms with Gasteiger partial charge in [0, 0.05) is 18.6 Å². The highest BCUT2D eigenvalue weighted by Crippen LogP contribution is 2.18. The first kappa shape index (κ1) is 13.3. The van der Waals surface area contributed by atoms with Crippen LogP contribution in [0.2, 0.25) is 0 Å². The molecule has 0 saturated heterocycles. The fourth-order valence-corrected chi connectivity index (χ4v) is 2.70. The largest absolute Gasteiger partial charge is 0.276 e. The van der Waals surface area contributed by atoms with E-state index in [9.17, 15) is 0 Å². The summed E-state index contributed by atoms with van der Waals surface area (Å²) in [4.78, 5) is 0. The maximum Gasteiger partial charge on any atom is 0.0521 e. The Morgan fingerprint density at radius 3 is 2.67 bits per heavy atom. The van der Waals surface area contributed by atoms with Gasteiger partial charge in [-0.3, -0.25) is 4.68 Å². The predicted molar refractivity (Wildman–Crippen MR) is 79.1 cm³/mol. The van der Waals surface area contributed by atoms with E-state index in [1.165, 1.54) is 16.7 Å². The number of rotatable bonds is 5. The zero-order valence-electron chi connectivity index (χ0n) is 10.9. The number of aryl methyl sites for hydroxylation is 2. The lowest BCUT2D eigenvalue weighted by Gasteiger charge is -2.14. The van der Waals surface area contributed by atoms with Gasteiger partial charge in [-0.25, -0.2) is 0 Å². The van der Waals surface area contributed by atoms with Crippen molar-refractivity contribution in [2.45, 2.75) is 19.8 Å². The standard InChI is InChI=1S/C15H19BrN2/c1-12-5-3-4-6-15(12)8-13(9-16)7-14-10-17-18(2)11-14/h3-6,10-11,13H,7-9H2,1-2H3. The van der Waals surface area contributed by atoms with Crippen molar-refractivity contribution in [3.8, 4) is 0 Å². The minimum atomic E-state index is 0.621. The monoisotopic (exact) mass is 306 g/mol. The van der Waals surface area contributed by atoms with Crippen LogP contribution in [0, 0.1) is 12.8 Å². The molecule has 0 bridgehead atoms. The van der Waals surface area contributed by atoms with Crippen LogP contribution in [0.5, 0.6) is 0 Å². The fraction of sp³-hybridized carbons (Fsp3) is 0.400. The van der Waals surface area contributed by atoms with E-state index in [0.29, 0.717) is 5.92 Å². The summed E-state index contributed by atoms with van der Waals surface area (Å²) in [5, 5.41) is 5.25. The Labute approximate surface area is 117 Å². The number of aromatic nitrogens is 2. The molecule has 0 N–H and O–H groups in total. The maximum absolute atomic E-state index is 4.23. The molecule has 0 radical (unpaired) electrons. The number of nitrogens with zero attached hydrogens (tertiary/aromatic N) is 2. The summed E-state index contributed by atoms with van der Waals surface area (Å²) in [5.74, 6) is 0.621. The van der Waals surface area contributed by atoms with Crippen LogP contribution in [0.15, 0.2) is 36.7 Å². The maximum atomic E-state index is 4.23. The van der Waals surface area contributed by atoms with E-state index in [-0.39, 0.29) is 0 Å². The lowest BCUT2D eigenvalue weighted by molar-refractivity contribution is 0.589. The molecule has 3 heteroatoms. The number of benzene rings is 1. The first-order chi connectivity index (χ1) is 8.69. The minimum absolute atomic E-state index is 0.621. The van der Waals surface area contributed by atoms with E-state index in [4.69, 9.17) is 0 Å². The number of hydrogen-bond donors (Lipinski definition) is 0. The highest BCUT2D eigenvalue weighted by atomic mass is 79.9. The Morgan fingerprint density at radius 1 is 1.28 bits per heavy atom. The summed E-state index contributed by atoms with van der Waals surface area (Å²) in [6, 6.07) is 8.64. The molecule has 0 amide bonds. The van der Waals surface area contributed by atoms with Crippen LogP contribution in [0.4, 0.5) is 0 Å². The summed E-state index contributed by atoms with van der Waals surface area (Å²) < 4.78 is 1.87. The minimum Gasteiger partial charge on any atom is -0.276 e. The van der Waals surface area contributed by atoms with Crippen molar-refractivity contribution in [3.05, 3.63) is 53.3 Å². The average molecular weight is 307 g/mol. The van der Waals surface area contributed by atoms with Crippen LogP contribution in [0.1, 0.15) is 16.7 Å². The number of alkyl halides is 1. The number of hydrogen-bond acceptors (Lipinski definition) is 1. The van der Waals surface area contributed by atoms with E-state index in [0.717, 1.165) is 18.2 Å². The van der Waals surface area contributed by atoms with Crippen LogP contribution in [0.25, 0.3) is 0 Å². The summed E-state index contributed by atoms with van der Waals surface area (Å²) in [6.07, 6.45) is 6.27. The molecule has 1 heterocycles. The third-order valence-corrected chi connectivity index (χ3v) is 4.19. The molecule has 2 rings (SSSR count). The van der Waals surface area contributed by atoms with Crippen LogP contribution in [-0.2, 0) is 19.9 Å². The lowest BCUT2D eigenvalue weighted by atomic mass is 9.93. The van der Waals surface area contributed by atoms with Crippen LogP contribution in [0.3, 0.4) is 0 Å². The van der Waals surface area contributed by atoms with Gasteiger partial charge in [0.05, 0.1) is 6.20 Å². The van der Waals surface area contributed by atoms with Crippen LogP contribution < -0.4 is 0 Å². The van der Waals surface area contributed by atoms with Gasteiger partial charge in [-0.15, -0.1) is 0 Å². The van der Waals surface area contributed by atoms with Gasteiger partial charge in [0.1, 0.15) is 0 Å². The van der Waals surface area contributed by atoms with Crippen molar-refractivity contribution < 1.29 is 0 Å². The van der Waals surface area contributed by atoms with E-state index in [2.05, 4.69) is 58.4 Å². The molecular formula is C15H19BrN2. The fourth-order valence-electron chi connectivity index (χ4n) is 2.24. The quantitative estimate of drug-likeness (QED) is 0.773. The van der Waals surface area contributed by atoms with Crippen molar-refractivity contribution in [3.63, 3.8) is 0 Å². The summed E-state index contributed by atoms with van der Waals surface area (Å²) >= 11 is 3.63. The molecule has 2 nitrogen and oxygen atoms in total. The first-order valence-electron chi connectivity index (χ1n) is 6.27. The van der Waals surface area contributed by atoms with Gasteiger partial charge >= 0.3 is 0 Å². The van der Waals surface area contributed by atoms with Crippen LogP contribution in [-0.4, -0.2) is 15.1 Å². The van der Waals surface area contributed by atoms with E-state index in [1.807, 2.05) is 17.9 Å². The predicted octanol–water partition coefficient (Wildman–Crippen LogP) is 3.52. The van der Waals surface area contributed by atoms with Gasteiger partial charge in [0.15, 0.2) is 0 Å². The highest BCUT2D eigenvalue weighted by Gasteiger charge is 2.11. The molecule has 1 atom stereocenters. The van der Waals surface area contributed by atoms with Gasteiger partial charge in [-0.05, 0) is 42.4 Å². The molecule has 1 unspecified atom stereocenters. The molecule has 0 saturated carbocycles. The molecule has 18 heavy (non-hydrogen) atoms. The zero-order valence-corrected chi connectivity index (χ0v) is 12.5. The van der Waals surface area contributed by atoms with Crippen molar-refractivity contribution in [2.24, 2.45) is 13.0 Å². The molecule has 0 aliphatic heterocycles. The SMILES string of the molecule is Cc1ccccc1CC(CBr)Cc1cnn(C)c1. The van der Waals surface area contributed by atoms with E-state index < -0.39 is 0 Å². The van der Waals surface area contributed by atoms with Crippen LogP contribution >= 0.6 is 15.9 Å². The molecule has 2 aromatic rings. The Bertz CT molecular complexity index is 505. The summed E-state index contributed by atoms with van der Waals surface area (Å²) in [7, 11) is 1.97. The molecule has 1 aromatic heterocycles. The Balaban J connectivity index is 2.04. The smallest absolute Gasteiger partial charge is 0.0521 e. The third kappa shape index (κ3) is 3.45. The van der Waals surface area contributed by atoms with Gasteiger partial charge < -0.3 is 0 Å². The highest BCUT2D eigenvalue weighted by molar-refractivity contribution is 9.09. The zero-order chi connectivity index (χ0) is 13.0. The molecule has 0 aliphatic carbocycles. The van der Waals surface area contributed by atoms with E-state index >= 15 is 0 Å². The van der Waals surface area contributed by atoms with Crippen molar-refractivity contribution in [2.75, 3.05) is 5.33 Å². The van der Waals surface area contributed by atoms with Crippen molar-refractivity contribution >= 4 is 15.9 Å². The Morgan fingerprint density at radius 2 is 2.06 bits per heavy atom. The second-order valence-electron chi connectivity index (χ2n) is 4.88. The molecule has 0 aliphatic rings. The van der Waals surface area contributed by atoms with E-state index in [1.54, 1.807) is 0 Å². The molecular weight excluding hydrogens is 288 g/mol. The Kier molecular flexibility index (Phi) is 4.59. The van der Waals surface area contributed by atoms with Crippen molar-refractivity contribution in [1.29, 1.82) is 0 Å². The topological polar surface area (TPSA) is 17.8 Å². The van der Waals surface area contributed by atoms with Crippen molar-refractivity contribution in [1.82, 2.24) is 9.78 Å². The summed E-state index contributed by atoms with van der Waals surface area (Å²) in [5.41, 5.74) is 4.15. The second kappa shape index (κ2) is 6.19. The Hall–Kier alpha value is -1.09. The molecule has 96 valence electrons. The summed E-state index contributed by atoms with van der Waals surface area (Å²) in [6.45, 7) is 2.19. The van der Waals surface area contributed by atoms with Gasteiger partial charge in [-0.2, -0.15) is 5.10 Å². The molecule has 0 spiro atoms. The van der Waals surface area contributed by atoms with Gasteiger partial charge in [0.25, 0.3) is 0 Å². The van der Waals surface area contributed by atoms with Gasteiger partial charge in [0.2, 0.25) is 0 Å². The normalized spacial score (nSPS) is 12.6. The second-order valence-corrected chi connectivity index (χ2v) is 5.52. The number of halogens is 1.